The van der Waals surface area contributed by atoms with Gasteiger partial charge in [0.1, 0.15) is 17.3 Å². The number of carbonyl (C=O) groups is 1. The van der Waals surface area contributed by atoms with Crippen LogP contribution in [0.4, 0.5) is 5.69 Å². The quantitative estimate of drug-likeness (QED) is 0.597. The Hall–Kier alpha value is -3.65. The summed E-state index contributed by atoms with van der Waals surface area (Å²) in [6, 6.07) is 22.1. The number of amides is 1. The first-order valence-electron chi connectivity index (χ1n) is 10.2. The van der Waals surface area contributed by atoms with E-state index in [0.29, 0.717) is 35.0 Å². The van der Waals surface area contributed by atoms with Crippen LogP contribution in [0, 0.1) is 0 Å². The van der Waals surface area contributed by atoms with Crippen molar-refractivity contribution in [2.45, 2.75) is 17.7 Å². The van der Waals surface area contributed by atoms with Crippen LogP contribution >= 0.6 is 0 Å². The molecule has 1 saturated heterocycles. The summed E-state index contributed by atoms with van der Waals surface area (Å²) in [5, 5.41) is 2.75. The summed E-state index contributed by atoms with van der Waals surface area (Å²) in [4.78, 5) is 14.6. The van der Waals surface area contributed by atoms with Gasteiger partial charge < -0.3 is 15.0 Å². The fraction of sp³-hybridized carbons (Fsp3) is 0.167. The molecule has 32 heavy (non-hydrogen) atoms. The zero-order valence-electron chi connectivity index (χ0n) is 17.6. The first kappa shape index (κ1) is 21.6. The van der Waals surface area contributed by atoms with E-state index in [1.54, 1.807) is 36.4 Å². The fourth-order valence-corrected chi connectivity index (χ4v) is 4.50. The highest BCUT2D eigenvalue weighted by atomic mass is 32.2. The Labute approximate surface area is 187 Å². The number of benzene rings is 3. The fourth-order valence-electron chi connectivity index (χ4n) is 3.36. The van der Waals surface area contributed by atoms with Crippen LogP contribution in [-0.2, 0) is 10.0 Å². The predicted octanol–water partition coefficient (Wildman–Crippen LogP) is 4.54. The second-order valence-corrected chi connectivity index (χ2v) is 9.04. The highest BCUT2D eigenvalue weighted by molar-refractivity contribution is 7.90. The first-order valence-corrected chi connectivity index (χ1v) is 11.6. The third kappa shape index (κ3) is 5.15. The van der Waals surface area contributed by atoms with Crippen molar-refractivity contribution in [2.24, 2.45) is 4.40 Å². The van der Waals surface area contributed by atoms with Gasteiger partial charge in [0.05, 0.1) is 4.90 Å². The maximum Gasteiger partial charge on any atom is 0.284 e. The van der Waals surface area contributed by atoms with Gasteiger partial charge in [0.15, 0.2) is 0 Å². The maximum absolute atomic E-state index is 12.8. The van der Waals surface area contributed by atoms with E-state index in [-0.39, 0.29) is 10.8 Å². The molecule has 1 N–H and O–H groups in total. The summed E-state index contributed by atoms with van der Waals surface area (Å²) in [7, 11) is -2.04. The van der Waals surface area contributed by atoms with Crippen LogP contribution in [0.5, 0.6) is 11.5 Å². The molecule has 0 unspecified atom stereocenters. The Morgan fingerprint density at radius 1 is 0.969 bits per heavy atom. The lowest BCUT2D eigenvalue weighted by Gasteiger charge is -2.11. The van der Waals surface area contributed by atoms with Crippen LogP contribution in [0.15, 0.2) is 88.2 Å². The minimum Gasteiger partial charge on any atom is -0.457 e. The molecule has 0 bridgehead atoms. The smallest absolute Gasteiger partial charge is 0.284 e. The van der Waals surface area contributed by atoms with Crippen molar-refractivity contribution in [2.75, 3.05) is 18.9 Å². The molecular formula is C24H23N3O4S. The zero-order valence-corrected chi connectivity index (χ0v) is 18.4. The van der Waals surface area contributed by atoms with Gasteiger partial charge in [0, 0.05) is 31.3 Å². The number of hydrogen-bond donors (Lipinski definition) is 1. The van der Waals surface area contributed by atoms with Gasteiger partial charge in [-0.3, -0.25) is 4.79 Å². The molecule has 1 aliphatic rings. The van der Waals surface area contributed by atoms with Crippen LogP contribution in [0.1, 0.15) is 23.2 Å². The highest BCUT2D eigenvalue weighted by Crippen LogP contribution is 2.23. The minimum absolute atomic E-state index is 0.0317. The van der Waals surface area contributed by atoms with Crippen molar-refractivity contribution < 1.29 is 17.9 Å². The Morgan fingerprint density at radius 2 is 1.72 bits per heavy atom. The third-order valence-corrected chi connectivity index (χ3v) is 6.33. The molecule has 0 atom stereocenters. The van der Waals surface area contributed by atoms with Crippen molar-refractivity contribution in [3.05, 3.63) is 84.4 Å². The number of nitrogens with zero attached hydrogens (tertiary/aromatic N) is 2. The van der Waals surface area contributed by atoms with E-state index in [1.807, 2.05) is 42.3 Å². The summed E-state index contributed by atoms with van der Waals surface area (Å²) in [6.45, 7) is 0.789. The number of amidine groups is 1. The SMILES string of the molecule is CN1CCCC1=NS(=O)(=O)c1cccc(NC(=O)c2cccc(Oc3ccccc3)c2)c1. The molecule has 0 radical (unpaired) electrons. The number of para-hydroxylation sites is 1. The van der Waals surface area contributed by atoms with E-state index < -0.39 is 10.0 Å². The molecule has 3 aromatic rings. The Bertz CT molecular complexity index is 1260. The largest absolute Gasteiger partial charge is 0.457 e. The molecular weight excluding hydrogens is 426 g/mol. The monoisotopic (exact) mass is 449 g/mol. The second-order valence-electron chi connectivity index (χ2n) is 7.43. The van der Waals surface area contributed by atoms with Gasteiger partial charge in [-0.05, 0) is 55.0 Å². The normalized spacial score (nSPS) is 15.0. The summed E-state index contributed by atoms with van der Waals surface area (Å²) in [5.74, 6) is 1.36. The van der Waals surface area contributed by atoms with Crippen LogP contribution in [0.2, 0.25) is 0 Å². The minimum atomic E-state index is -3.87. The Kier molecular flexibility index (Phi) is 6.23. The van der Waals surface area contributed by atoms with Crippen LogP contribution in [-0.4, -0.2) is 38.7 Å². The number of carbonyl (C=O) groups excluding carboxylic acids is 1. The van der Waals surface area contributed by atoms with Gasteiger partial charge in [-0.25, -0.2) is 0 Å². The van der Waals surface area contributed by atoms with Gasteiger partial charge in [0.2, 0.25) is 0 Å². The summed E-state index contributed by atoms with van der Waals surface area (Å²) >= 11 is 0. The van der Waals surface area contributed by atoms with Gasteiger partial charge >= 0.3 is 0 Å². The lowest BCUT2D eigenvalue weighted by Crippen LogP contribution is -2.20. The lowest BCUT2D eigenvalue weighted by molar-refractivity contribution is 0.102. The molecule has 0 aromatic heterocycles. The summed E-state index contributed by atoms with van der Waals surface area (Å²) < 4.78 is 35.2. The van der Waals surface area contributed by atoms with Crippen molar-refractivity contribution >= 4 is 27.5 Å². The number of anilines is 1. The molecule has 1 amide bonds. The average Bonchev–Trinajstić information content (AvgIpc) is 3.18. The summed E-state index contributed by atoms with van der Waals surface area (Å²) in [5.41, 5.74) is 0.755. The van der Waals surface area contributed by atoms with Crippen molar-refractivity contribution in [3.8, 4) is 11.5 Å². The van der Waals surface area contributed by atoms with Gasteiger partial charge in [0.25, 0.3) is 15.9 Å². The molecule has 0 saturated carbocycles. The van der Waals surface area contributed by atoms with Crippen LogP contribution in [0.25, 0.3) is 0 Å². The average molecular weight is 450 g/mol. The maximum atomic E-state index is 12.8. The summed E-state index contributed by atoms with van der Waals surface area (Å²) in [6.07, 6.45) is 1.52. The van der Waals surface area contributed by atoms with Gasteiger partial charge in [-0.15, -0.1) is 4.40 Å². The molecule has 0 aliphatic carbocycles. The standard InChI is InChI=1S/C24H23N3O4S/c1-27-15-7-14-23(27)26-32(29,30)22-13-6-9-19(17-22)25-24(28)18-8-5-12-21(16-18)31-20-10-3-2-4-11-20/h2-6,8-13,16-17H,7,14-15H2,1H3,(H,25,28). The van der Waals surface area contributed by atoms with E-state index >= 15 is 0 Å². The lowest BCUT2D eigenvalue weighted by atomic mass is 10.2. The topological polar surface area (TPSA) is 88.1 Å². The van der Waals surface area contributed by atoms with E-state index in [1.165, 1.54) is 12.1 Å². The Morgan fingerprint density at radius 3 is 2.47 bits per heavy atom. The van der Waals surface area contributed by atoms with E-state index in [2.05, 4.69) is 9.71 Å². The molecule has 3 aromatic carbocycles. The van der Waals surface area contributed by atoms with Gasteiger partial charge in [-0.1, -0.05) is 30.3 Å². The molecule has 1 aliphatic heterocycles. The van der Waals surface area contributed by atoms with Crippen LogP contribution in [0.3, 0.4) is 0 Å². The number of nitrogens with one attached hydrogen (secondary N) is 1. The Balaban J connectivity index is 1.50. The van der Waals surface area contributed by atoms with Crippen molar-refractivity contribution in [3.63, 3.8) is 0 Å². The molecule has 1 fully saturated rings. The van der Waals surface area contributed by atoms with E-state index in [9.17, 15) is 13.2 Å². The number of sulfonamides is 1. The molecule has 7 nitrogen and oxygen atoms in total. The molecule has 1 heterocycles. The molecule has 0 spiro atoms. The zero-order chi connectivity index (χ0) is 22.6. The number of rotatable bonds is 6. The van der Waals surface area contributed by atoms with E-state index in [0.717, 1.165) is 13.0 Å². The molecule has 164 valence electrons. The van der Waals surface area contributed by atoms with Crippen molar-refractivity contribution in [1.82, 2.24) is 4.90 Å². The number of likely N-dealkylation sites (tertiary alicyclic amines) is 1. The molecule has 8 heteroatoms. The number of ether oxygens (including phenoxy) is 1. The number of hydrogen-bond acceptors (Lipinski definition) is 4. The van der Waals surface area contributed by atoms with Crippen molar-refractivity contribution in [1.29, 1.82) is 0 Å². The van der Waals surface area contributed by atoms with Gasteiger partial charge in [-0.2, -0.15) is 8.42 Å². The van der Waals surface area contributed by atoms with E-state index in [4.69, 9.17) is 4.74 Å². The second kappa shape index (κ2) is 9.23. The predicted molar refractivity (Wildman–Crippen MR) is 124 cm³/mol. The first-order chi connectivity index (χ1) is 15.4. The van der Waals surface area contributed by atoms with Crippen LogP contribution < -0.4 is 10.1 Å². The molecule has 4 rings (SSSR count). The highest BCUT2D eigenvalue weighted by Gasteiger charge is 2.20. The third-order valence-electron chi connectivity index (χ3n) is 5.02.